The monoisotopic (exact) mass is 299 g/mol. The largest absolute Gasteiger partial charge is 0.504 e. The van der Waals surface area contributed by atoms with Gasteiger partial charge in [-0.2, -0.15) is 0 Å². The molecule has 1 heterocycles. The number of nitrogens with one attached hydrogen (secondary N) is 2. The van der Waals surface area contributed by atoms with Gasteiger partial charge in [0.05, 0.1) is 23.7 Å². The molecule has 0 unspecified atom stereocenters. The Hall–Kier alpha value is -3.06. The number of imidazole rings is 1. The lowest BCUT2D eigenvalue weighted by atomic mass is 10.2. The number of hydrogen-bond acceptors (Lipinski definition) is 5. The molecule has 0 aliphatic carbocycles. The van der Waals surface area contributed by atoms with Crippen molar-refractivity contribution in [3.8, 4) is 22.9 Å². The van der Waals surface area contributed by atoms with Gasteiger partial charge in [0, 0.05) is 5.56 Å². The summed E-state index contributed by atoms with van der Waals surface area (Å²) in [5.41, 5.74) is 3.60. The van der Waals surface area contributed by atoms with E-state index in [-0.39, 0.29) is 5.75 Å². The number of ether oxygens (including phenoxy) is 1. The van der Waals surface area contributed by atoms with E-state index in [1.54, 1.807) is 41.9 Å². The fourth-order valence-electron chi connectivity index (χ4n) is 2.22. The molecular formula is C15H13N3O4. The third-order valence-electron chi connectivity index (χ3n) is 3.32. The highest BCUT2D eigenvalue weighted by atomic mass is 16.5. The number of rotatable bonds is 3. The fraction of sp³-hybridized carbons (Fsp3) is 0.0667. The lowest BCUT2D eigenvalue weighted by molar-refractivity contribution is 0.0706. The highest BCUT2D eigenvalue weighted by molar-refractivity contribution is 5.97. The van der Waals surface area contributed by atoms with Crippen molar-refractivity contribution < 1.29 is 19.8 Å². The summed E-state index contributed by atoms with van der Waals surface area (Å²) in [6, 6.07) is 9.85. The van der Waals surface area contributed by atoms with Crippen molar-refractivity contribution in [2.24, 2.45) is 0 Å². The van der Waals surface area contributed by atoms with Crippen LogP contribution in [-0.2, 0) is 0 Å². The molecule has 0 aliphatic heterocycles. The molecule has 3 aromatic rings. The number of benzene rings is 2. The first kappa shape index (κ1) is 13.9. The van der Waals surface area contributed by atoms with Crippen molar-refractivity contribution in [3.05, 3.63) is 42.0 Å². The number of methoxy groups -OCH3 is 1. The number of para-hydroxylation sites is 1. The molecule has 0 spiro atoms. The van der Waals surface area contributed by atoms with Crippen LogP contribution in [0.4, 0.5) is 0 Å². The van der Waals surface area contributed by atoms with Crippen molar-refractivity contribution in [1.82, 2.24) is 15.4 Å². The van der Waals surface area contributed by atoms with Gasteiger partial charge in [-0.15, -0.1) is 0 Å². The second-order valence-electron chi connectivity index (χ2n) is 4.61. The molecule has 7 heteroatoms. The molecule has 0 saturated heterocycles. The first-order chi connectivity index (χ1) is 10.6. The minimum atomic E-state index is -0.609. The lowest BCUT2D eigenvalue weighted by Crippen LogP contribution is -2.18. The summed E-state index contributed by atoms with van der Waals surface area (Å²) in [5.74, 6) is 0.172. The molecule has 1 aromatic heterocycles. The number of hydroxylamine groups is 1. The second kappa shape index (κ2) is 5.38. The van der Waals surface area contributed by atoms with Crippen molar-refractivity contribution in [2.75, 3.05) is 7.11 Å². The first-order valence-electron chi connectivity index (χ1n) is 6.44. The van der Waals surface area contributed by atoms with Crippen LogP contribution in [0.5, 0.6) is 11.5 Å². The summed E-state index contributed by atoms with van der Waals surface area (Å²) < 4.78 is 5.07. The highest BCUT2D eigenvalue weighted by Crippen LogP contribution is 2.36. The maximum atomic E-state index is 11.4. The number of aromatic hydroxyl groups is 1. The van der Waals surface area contributed by atoms with Crippen molar-refractivity contribution in [2.45, 2.75) is 0 Å². The van der Waals surface area contributed by atoms with E-state index in [1.165, 1.54) is 7.11 Å². The van der Waals surface area contributed by atoms with Gasteiger partial charge >= 0.3 is 0 Å². The van der Waals surface area contributed by atoms with Crippen molar-refractivity contribution in [3.63, 3.8) is 0 Å². The van der Waals surface area contributed by atoms with Gasteiger partial charge in [0.2, 0.25) is 0 Å². The van der Waals surface area contributed by atoms with Crippen LogP contribution in [0.25, 0.3) is 22.4 Å². The Morgan fingerprint density at radius 3 is 2.86 bits per heavy atom. The maximum absolute atomic E-state index is 11.4. The van der Waals surface area contributed by atoms with E-state index < -0.39 is 5.91 Å². The second-order valence-corrected chi connectivity index (χ2v) is 4.61. The van der Waals surface area contributed by atoms with E-state index in [2.05, 4.69) is 9.97 Å². The minimum Gasteiger partial charge on any atom is -0.504 e. The van der Waals surface area contributed by atoms with Gasteiger partial charge in [-0.1, -0.05) is 6.07 Å². The number of aromatic nitrogens is 2. The number of amides is 1. The number of phenols is 1. The van der Waals surface area contributed by atoms with Gasteiger partial charge in [-0.25, -0.2) is 10.5 Å². The fourth-order valence-corrected chi connectivity index (χ4v) is 2.22. The maximum Gasteiger partial charge on any atom is 0.274 e. The molecule has 0 radical (unpaired) electrons. The van der Waals surface area contributed by atoms with E-state index in [4.69, 9.17) is 9.94 Å². The molecule has 0 bridgehead atoms. The van der Waals surface area contributed by atoms with Crippen LogP contribution in [0.1, 0.15) is 10.4 Å². The Labute approximate surface area is 125 Å². The molecular weight excluding hydrogens is 286 g/mol. The lowest BCUT2D eigenvalue weighted by Gasteiger charge is -2.06. The number of carbonyl (C=O) groups is 1. The number of hydrogen-bond donors (Lipinski definition) is 4. The number of fused-ring (bicyclic) bond motifs is 1. The molecule has 2 aromatic carbocycles. The van der Waals surface area contributed by atoms with Gasteiger partial charge in [-0.3, -0.25) is 10.0 Å². The third-order valence-corrected chi connectivity index (χ3v) is 3.32. The molecule has 7 nitrogen and oxygen atoms in total. The number of phenolic OH excluding ortho intramolecular Hbond substituents is 1. The van der Waals surface area contributed by atoms with E-state index in [0.29, 0.717) is 33.7 Å². The molecule has 22 heavy (non-hydrogen) atoms. The highest BCUT2D eigenvalue weighted by Gasteiger charge is 2.14. The summed E-state index contributed by atoms with van der Waals surface area (Å²) >= 11 is 0. The van der Waals surface area contributed by atoms with E-state index >= 15 is 0 Å². The van der Waals surface area contributed by atoms with Gasteiger partial charge < -0.3 is 14.8 Å². The van der Waals surface area contributed by atoms with E-state index in [9.17, 15) is 9.90 Å². The van der Waals surface area contributed by atoms with Crippen LogP contribution < -0.4 is 10.2 Å². The SMILES string of the molecule is COc1cccc(-c2nc3ccc(C(=O)NO)cc3[nH]2)c1O. The van der Waals surface area contributed by atoms with Crippen LogP contribution in [-0.4, -0.2) is 33.3 Å². The number of H-pyrrole nitrogens is 1. The summed E-state index contributed by atoms with van der Waals surface area (Å²) in [5, 5.41) is 18.8. The quantitative estimate of drug-likeness (QED) is 0.437. The number of aromatic amines is 1. The summed E-state index contributed by atoms with van der Waals surface area (Å²) in [4.78, 5) is 18.8. The molecule has 0 fully saturated rings. The predicted octanol–water partition coefficient (Wildman–Crippen LogP) is 2.06. The molecule has 112 valence electrons. The van der Waals surface area contributed by atoms with Crippen LogP contribution >= 0.6 is 0 Å². The van der Waals surface area contributed by atoms with Crippen molar-refractivity contribution in [1.29, 1.82) is 0 Å². The smallest absolute Gasteiger partial charge is 0.274 e. The Kier molecular flexibility index (Phi) is 3.40. The molecule has 0 saturated carbocycles. The topological polar surface area (TPSA) is 107 Å². The Bertz CT molecular complexity index is 857. The minimum absolute atomic E-state index is 0.0163. The van der Waals surface area contributed by atoms with Gasteiger partial charge in [0.15, 0.2) is 11.5 Å². The van der Waals surface area contributed by atoms with Gasteiger partial charge in [0.1, 0.15) is 5.82 Å². The predicted molar refractivity (Wildman–Crippen MR) is 79.0 cm³/mol. The summed E-state index contributed by atoms with van der Waals surface area (Å²) in [6.07, 6.45) is 0. The van der Waals surface area contributed by atoms with Crippen LogP contribution in [0, 0.1) is 0 Å². The zero-order chi connectivity index (χ0) is 15.7. The van der Waals surface area contributed by atoms with Gasteiger partial charge in [0.25, 0.3) is 5.91 Å². The zero-order valence-corrected chi connectivity index (χ0v) is 11.6. The van der Waals surface area contributed by atoms with Crippen LogP contribution in [0.15, 0.2) is 36.4 Å². The Morgan fingerprint density at radius 2 is 2.14 bits per heavy atom. The molecule has 4 N–H and O–H groups in total. The van der Waals surface area contributed by atoms with Gasteiger partial charge in [-0.05, 0) is 30.3 Å². The van der Waals surface area contributed by atoms with E-state index in [0.717, 1.165) is 0 Å². The Balaban J connectivity index is 2.11. The molecule has 1 amide bonds. The molecule has 0 atom stereocenters. The van der Waals surface area contributed by atoms with E-state index in [1.807, 2.05) is 0 Å². The molecule has 3 rings (SSSR count). The Morgan fingerprint density at radius 1 is 1.32 bits per heavy atom. The van der Waals surface area contributed by atoms with Crippen molar-refractivity contribution >= 4 is 16.9 Å². The normalized spacial score (nSPS) is 10.6. The number of carbonyl (C=O) groups excluding carboxylic acids is 1. The first-order valence-corrected chi connectivity index (χ1v) is 6.44. The molecule has 0 aliphatic rings. The summed E-state index contributed by atoms with van der Waals surface area (Å²) in [7, 11) is 1.47. The average Bonchev–Trinajstić information content (AvgIpc) is 2.97. The zero-order valence-electron chi connectivity index (χ0n) is 11.6. The average molecular weight is 299 g/mol. The summed E-state index contributed by atoms with van der Waals surface area (Å²) in [6.45, 7) is 0. The van der Waals surface area contributed by atoms with Crippen LogP contribution in [0.3, 0.4) is 0 Å². The standard InChI is InChI=1S/C15H13N3O4/c1-22-12-4-2-3-9(13(12)19)14-16-10-6-5-8(15(20)18-21)7-11(10)17-14/h2-7,19,21H,1H3,(H,16,17)(H,18,20). The van der Waals surface area contributed by atoms with Crippen LogP contribution in [0.2, 0.25) is 0 Å². The third kappa shape index (κ3) is 2.23. The number of nitrogens with zero attached hydrogens (tertiary/aromatic N) is 1.